The average Bonchev–Trinajstić information content (AvgIpc) is 3.22. The Hall–Kier alpha value is -1.56. The first-order valence-corrected chi connectivity index (χ1v) is 6.90. The normalized spacial score (nSPS) is 18.1. The molecule has 1 N–H and O–H groups in total. The fourth-order valence-corrected chi connectivity index (χ4v) is 2.18. The molecule has 0 aliphatic heterocycles. The van der Waals surface area contributed by atoms with E-state index in [1.807, 2.05) is 0 Å². The third-order valence-corrected chi connectivity index (χ3v) is 3.52. The lowest BCUT2D eigenvalue weighted by Gasteiger charge is -2.29. The van der Waals surface area contributed by atoms with E-state index in [0.29, 0.717) is 0 Å². The Balaban J connectivity index is 2.38. The van der Waals surface area contributed by atoms with Crippen LogP contribution in [-0.2, 0) is 21.2 Å². The molecule has 0 saturated heterocycles. The first-order chi connectivity index (χ1) is 9.77. The molecule has 0 radical (unpaired) electrons. The van der Waals surface area contributed by atoms with Crippen molar-refractivity contribution in [3.05, 3.63) is 35.4 Å². The standard InChI is InChI=1S/C15H18F3NO2/c1-3-21-13(20)14(2,19-12-7-8-12)10-5-4-6-11(9-10)15(16,17)18/h4-6,9,12,19H,3,7-8H2,1-2H3. The number of carbonyl (C=O) groups excluding carboxylic acids is 1. The van der Waals surface area contributed by atoms with Crippen LogP contribution in [0.2, 0.25) is 0 Å². The van der Waals surface area contributed by atoms with Gasteiger partial charge < -0.3 is 4.74 Å². The van der Waals surface area contributed by atoms with Crippen molar-refractivity contribution < 1.29 is 22.7 Å². The molecule has 0 aromatic heterocycles. The van der Waals surface area contributed by atoms with Crippen LogP contribution in [0.15, 0.2) is 24.3 Å². The SMILES string of the molecule is CCOC(=O)C(C)(NC1CC1)c1cccc(C(F)(F)F)c1. The van der Waals surface area contributed by atoms with Gasteiger partial charge in [0, 0.05) is 6.04 Å². The predicted molar refractivity (Wildman–Crippen MR) is 71.6 cm³/mol. The van der Waals surface area contributed by atoms with Crippen LogP contribution in [0.5, 0.6) is 0 Å². The van der Waals surface area contributed by atoms with Crippen LogP contribution in [0.3, 0.4) is 0 Å². The average molecular weight is 301 g/mol. The molecule has 0 spiro atoms. The van der Waals surface area contributed by atoms with E-state index in [4.69, 9.17) is 4.74 Å². The van der Waals surface area contributed by atoms with Gasteiger partial charge in [-0.1, -0.05) is 12.1 Å². The van der Waals surface area contributed by atoms with Crippen molar-refractivity contribution in [2.45, 2.75) is 44.4 Å². The van der Waals surface area contributed by atoms with Gasteiger partial charge in [0.15, 0.2) is 0 Å². The highest BCUT2D eigenvalue weighted by Crippen LogP contribution is 2.34. The Morgan fingerprint density at radius 2 is 1.95 bits per heavy atom. The van der Waals surface area contributed by atoms with Gasteiger partial charge in [0.25, 0.3) is 0 Å². The molecule has 2 rings (SSSR count). The van der Waals surface area contributed by atoms with Gasteiger partial charge >= 0.3 is 12.1 Å². The van der Waals surface area contributed by atoms with Gasteiger partial charge in [-0.15, -0.1) is 0 Å². The Morgan fingerprint density at radius 3 is 2.48 bits per heavy atom. The highest BCUT2D eigenvalue weighted by molar-refractivity contribution is 5.82. The molecular formula is C15H18F3NO2. The summed E-state index contributed by atoms with van der Waals surface area (Å²) in [4.78, 5) is 12.2. The summed E-state index contributed by atoms with van der Waals surface area (Å²) in [6.45, 7) is 3.42. The second kappa shape index (κ2) is 5.67. The molecule has 0 amide bonds. The van der Waals surface area contributed by atoms with Gasteiger partial charge in [0.1, 0.15) is 5.54 Å². The van der Waals surface area contributed by atoms with E-state index in [-0.39, 0.29) is 18.2 Å². The van der Waals surface area contributed by atoms with Gasteiger partial charge in [0.2, 0.25) is 0 Å². The topological polar surface area (TPSA) is 38.3 Å². The molecule has 116 valence electrons. The van der Waals surface area contributed by atoms with Crippen LogP contribution in [-0.4, -0.2) is 18.6 Å². The van der Waals surface area contributed by atoms with Crippen molar-refractivity contribution in [3.63, 3.8) is 0 Å². The monoisotopic (exact) mass is 301 g/mol. The minimum atomic E-state index is -4.44. The molecule has 0 heterocycles. The van der Waals surface area contributed by atoms with E-state index in [1.165, 1.54) is 12.1 Å². The van der Waals surface area contributed by atoms with Crippen molar-refractivity contribution in [1.82, 2.24) is 5.32 Å². The minimum absolute atomic E-state index is 0.147. The molecular weight excluding hydrogens is 283 g/mol. The number of hydrogen-bond donors (Lipinski definition) is 1. The number of esters is 1. The number of nitrogens with one attached hydrogen (secondary N) is 1. The van der Waals surface area contributed by atoms with Crippen LogP contribution < -0.4 is 5.32 Å². The van der Waals surface area contributed by atoms with Crippen molar-refractivity contribution in [2.24, 2.45) is 0 Å². The summed E-state index contributed by atoms with van der Waals surface area (Å²) in [5.41, 5.74) is -1.77. The van der Waals surface area contributed by atoms with Crippen LogP contribution >= 0.6 is 0 Å². The molecule has 1 saturated carbocycles. The quantitative estimate of drug-likeness (QED) is 0.849. The molecule has 3 nitrogen and oxygen atoms in total. The van der Waals surface area contributed by atoms with Gasteiger partial charge in [-0.25, -0.2) is 4.79 Å². The van der Waals surface area contributed by atoms with Gasteiger partial charge in [-0.05, 0) is 44.4 Å². The lowest BCUT2D eigenvalue weighted by molar-refractivity contribution is -0.151. The third kappa shape index (κ3) is 3.56. The summed E-state index contributed by atoms with van der Waals surface area (Å²) in [5, 5.41) is 3.10. The van der Waals surface area contributed by atoms with E-state index >= 15 is 0 Å². The lowest BCUT2D eigenvalue weighted by atomic mass is 9.90. The van der Waals surface area contributed by atoms with Crippen LogP contribution in [0.25, 0.3) is 0 Å². The Bertz CT molecular complexity index is 526. The molecule has 0 bridgehead atoms. The molecule has 1 aromatic rings. The second-order valence-corrected chi connectivity index (χ2v) is 5.34. The summed E-state index contributed by atoms with van der Waals surface area (Å²) in [7, 11) is 0. The van der Waals surface area contributed by atoms with Crippen molar-refractivity contribution >= 4 is 5.97 Å². The maximum atomic E-state index is 12.8. The van der Waals surface area contributed by atoms with E-state index in [1.54, 1.807) is 13.8 Å². The van der Waals surface area contributed by atoms with Crippen LogP contribution in [0, 0.1) is 0 Å². The van der Waals surface area contributed by atoms with Gasteiger partial charge in [-0.3, -0.25) is 5.32 Å². The molecule has 1 fully saturated rings. The summed E-state index contributed by atoms with van der Waals surface area (Å²) in [5.74, 6) is -0.559. The largest absolute Gasteiger partial charge is 0.464 e. The number of carbonyl (C=O) groups is 1. The maximum absolute atomic E-state index is 12.8. The van der Waals surface area contributed by atoms with Crippen LogP contribution in [0.1, 0.15) is 37.8 Å². The number of halogens is 3. The molecule has 6 heteroatoms. The number of benzene rings is 1. The number of rotatable bonds is 5. The second-order valence-electron chi connectivity index (χ2n) is 5.34. The lowest BCUT2D eigenvalue weighted by Crippen LogP contribution is -2.48. The van der Waals surface area contributed by atoms with E-state index in [9.17, 15) is 18.0 Å². The molecule has 1 atom stereocenters. The van der Waals surface area contributed by atoms with E-state index in [2.05, 4.69) is 5.32 Å². The minimum Gasteiger partial charge on any atom is -0.464 e. The number of hydrogen-bond acceptors (Lipinski definition) is 3. The zero-order valence-corrected chi connectivity index (χ0v) is 12.0. The van der Waals surface area contributed by atoms with E-state index < -0.39 is 23.2 Å². The number of ether oxygens (including phenoxy) is 1. The highest BCUT2D eigenvalue weighted by atomic mass is 19.4. The zero-order valence-electron chi connectivity index (χ0n) is 12.0. The zero-order chi connectivity index (χ0) is 15.7. The molecule has 1 aliphatic rings. The fraction of sp³-hybridized carbons (Fsp3) is 0.533. The Morgan fingerprint density at radius 1 is 1.33 bits per heavy atom. The van der Waals surface area contributed by atoms with Gasteiger partial charge in [0.05, 0.1) is 12.2 Å². The van der Waals surface area contributed by atoms with Gasteiger partial charge in [-0.2, -0.15) is 13.2 Å². The first kappa shape index (κ1) is 15.8. The van der Waals surface area contributed by atoms with Crippen molar-refractivity contribution in [2.75, 3.05) is 6.61 Å². The van der Waals surface area contributed by atoms with Crippen LogP contribution in [0.4, 0.5) is 13.2 Å². The summed E-state index contributed by atoms with van der Waals surface area (Å²) in [6, 6.07) is 4.97. The molecule has 1 aliphatic carbocycles. The summed E-state index contributed by atoms with van der Waals surface area (Å²) < 4.78 is 43.6. The maximum Gasteiger partial charge on any atom is 0.416 e. The Labute approximate surface area is 121 Å². The third-order valence-electron chi connectivity index (χ3n) is 3.52. The van der Waals surface area contributed by atoms with Crippen molar-refractivity contribution in [3.8, 4) is 0 Å². The predicted octanol–water partition coefficient (Wildman–Crippen LogP) is 3.24. The van der Waals surface area contributed by atoms with Crippen molar-refractivity contribution in [1.29, 1.82) is 0 Å². The summed E-state index contributed by atoms with van der Waals surface area (Å²) in [6.07, 6.45) is -2.62. The highest BCUT2D eigenvalue weighted by Gasteiger charge is 2.42. The first-order valence-electron chi connectivity index (χ1n) is 6.90. The number of alkyl halides is 3. The smallest absolute Gasteiger partial charge is 0.416 e. The molecule has 1 unspecified atom stereocenters. The fourth-order valence-electron chi connectivity index (χ4n) is 2.18. The van der Waals surface area contributed by atoms with E-state index in [0.717, 1.165) is 25.0 Å². The molecule has 21 heavy (non-hydrogen) atoms. The Kier molecular flexibility index (Phi) is 4.27. The summed E-state index contributed by atoms with van der Waals surface area (Å²) >= 11 is 0. The molecule has 1 aromatic carbocycles.